The zero-order valence-electron chi connectivity index (χ0n) is 7.33. The van der Waals surface area contributed by atoms with E-state index < -0.39 is 0 Å². The number of rotatable bonds is 4. The lowest BCUT2D eigenvalue weighted by atomic mass is 10.1. The molecule has 66 valence electrons. The van der Waals surface area contributed by atoms with E-state index in [2.05, 4.69) is 4.90 Å². The average molecular weight is 158 g/mol. The van der Waals surface area contributed by atoms with Gasteiger partial charge in [0.05, 0.1) is 6.61 Å². The fraction of sp³-hybridized carbons (Fsp3) is 1.00. The van der Waals surface area contributed by atoms with Crippen molar-refractivity contribution >= 4 is 0 Å². The van der Waals surface area contributed by atoms with E-state index in [1.807, 2.05) is 14.0 Å². The van der Waals surface area contributed by atoms with Crippen molar-refractivity contribution in [2.45, 2.75) is 37.9 Å². The molecule has 2 unspecified atom stereocenters. The first kappa shape index (κ1) is 8.97. The number of nitrogens with zero attached hydrogens (tertiary/aromatic N) is 1. The minimum atomic E-state index is 0.0607. The molecular weight excluding hydrogens is 140 g/mol. The summed E-state index contributed by atoms with van der Waals surface area (Å²) in [5.74, 6) is 0. The Morgan fingerprint density at radius 3 is 2.45 bits per heavy atom. The highest BCUT2D eigenvalue weighted by Crippen LogP contribution is 2.27. The van der Waals surface area contributed by atoms with Crippen LogP contribution in [-0.4, -0.2) is 41.8 Å². The molecule has 0 amide bonds. The third kappa shape index (κ3) is 2.15. The summed E-state index contributed by atoms with van der Waals surface area (Å²) >= 11 is 0. The monoisotopic (exact) mass is 158 g/mol. The fourth-order valence-electron chi connectivity index (χ4n) is 1.42. The Hall–Kier alpha value is -0.120. The van der Waals surface area contributed by atoms with Crippen LogP contribution in [0.2, 0.25) is 0 Å². The van der Waals surface area contributed by atoms with E-state index in [9.17, 15) is 0 Å². The van der Waals surface area contributed by atoms with Crippen molar-refractivity contribution < 1.29 is 5.11 Å². The van der Waals surface area contributed by atoms with Gasteiger partial charge in [0, 0.05) is 18.1 Å². The molecule has 3 nitrogen and oxygen atoms in total. The third-order valence-corrected chi connectivity index (χ3v) is 2.44. The lowest BCUT2D eigenvalue weighted by Crippen LogP contribution is -2.47. The Morgan fingerprint density at radius 2 is 2.18 bits per heavy atom. The van der Waals surface area contributed by atoms with E-state index in [0.717, 1.165) is 0 Å². The standard InChI is InChI=1S/C8H18N2O/c1-6(9)8(5-11)10(2)7-3-4-7/h6-8,11H,3-5,9H2,1-2H3. The number of likely N-dealkylation sites (N-methyl/N-ethyl adjacent to an activating group) is 1. The van der Waals surface area contributed by atoms with E-state index in [-0.39, 0.29) is 18.7 Å². The van der Waals surface area contributed by atoms with Crippen LogP contribution in [0.4, 0.5) is 0 Å². The molecule has 1 aliphatic rings. The van der Waals surface area contributed by atoms with Crippen molar-refractivity contribution in [3.05, 3.63) is 0 Å². The van der Waals surface area contributed by atoms with Gasteiger partial charge in [-0.15, -0.1) is 0 Å². The van der Waals surface area contributed by atoms with Crippen LogP contribution in [0.3, 0.4) is 0 Å². The first-order valence-electron chi connectivity index (χ1n) is 4.25. The predicted molar refractivity (Wildman–Crippen MR) is 45.3 cm³/mol. The van der Waals surface area contributed by atoms with Gasteiger partial charge in [0.2, 0.25) is 0 Å². The average Bonchev–Trinajstić information content (AvgIpc) is 2.68. The van der Waals surface area contributed by atoms with Gasteiger partial charge in [-0.1, -0.05) is 0 Å². The van der Waals surface area contributed by atoms with Crippen molar-refractivity contribution in [1.29, 1.82) is 0 Å². The summed E-state index contributed by atoms with van der Waals surface area (Å²) < 4.78 is 0. The van der Waals surface area contributed by atoms with Gasteiger partial charge in [-0.2, -0.15) is 0 Å². The normalized spacial score (nSPS) is 23.7. The molecule has 11 heavy (non-hydrogen) atoms. The molecule has 3 N–H and O–H groups in total. The maximum Gasteiger partial charge on any atom is 0.0601 e. The van der Waals surface area contributed by atoms with Gasteiger partial charge >= 0.3 is 0 Å². The van der Waals surface area contributed by atoms with Gasteiger partial charge in [-0.05, 0) is 26.8 Å². The first-order valence-corrected chi connectivity index (χ1v) is 4.25. The fourth-order valence-corrected chi connectivity index (χ4v) is 1.42. The molecule has 1 saturated carbocycles. The molecule has 0 aromatic rings. The zero-order chi connectivity index (χ0) is 8.43. The topological polar surface area (TPSA) is 49.5 Å². The van der Waals surface area contributed by atoms with Crippen LogP contribution in [0.25, 0.3) is 0 Å². The van der Waals surface area contributed by atoms with Crippen LogP contribution in [0.15, 0.2) is 0 Å². The van der Waals surface area contributed by atoms with Crippen molar-refractivity contribution in [2.75, 3.05) is 13.7 Å². The van der Waals surface area contributed by atoms with E-state index >= 15 is 0 Å². The van der Waals surface area contributed by atoms with E-state index in [4.69, 9.17) is 10.8 Å². The van der Waals surface area contributed by atoms with Gasteiger partial charge in [-0.3, -0.25) is 4.90 Å². The molecule has 0 saturated heterocycles. The first-order chi connectivity index (χ1) is 5.16. The van der Waals surface area contributed by atoms with Gasteiger partial charge < -0.3 is 10.8 Å². The summed E-state index contributed by atoms with van der Waals surface area (Å²) in [7, 11) is 2.04. The zero-order valence-corrected chi connectivity index (χ0v) is 7.33. The van der Waals surface area contributed by atoms with E-state index in [0.29, 0.717) is 6.04 Å². The Balaban J connectivity index is 2.38. The number of aliphatic hydroxyl groups is 1. The molecule has 0 bridgehead atoms. The molecule has 0 radical (unpaired) electrons. The summed E-state index contributed by atoms with van der Waals surface area (Å²) in [5, 5.41) is 9.02. The van der Waals surface area contributed by atoms with Crippen molar-refractivity contribution in [1.82, 2.24) is 4.90 Å². The number of hydrogen-bond donors (Lipinski definition) is 2. The Bertz CT molecular complexity index is 123. The van der Waals surface area contributed by atoms with Gasteiger partial charge in [0.1, 0.15) is 0 Å². The second-order valence-electron chi connectivity index (χ2n) is 3.51. The Morgan fingerprint density at radius 1 is 1.64 bits per heavy atom. The third-order valence-electron chi connectivity index (χ3n) is 2.44. The summed E-state index contributed by atoms with van der Waals surface area (Å²) in [5.41, 5.74) is 5.71. The highest BCUT2D eigenvalue weighted by molar-refractivity contribution is 4.89. The van der Waals surface area contributed by atoms with E-state index in [1.165, 1.54) is 12.8 Å². The minimum absolute atomic E-state index is 0.0607. The molecule has 2 atom stereocenters. The summed E-state index contributed by atoms with van der Waals surface area (Å²) in [6.07, 6.45) is 2.53. The number of hydrogen-bond acceptors (Lipinski definition) is 3. The second-order valence-corrected chi connectivity index (χ2v) is 3.51. The Kier molecular flexibility index (Phi) is 2.87. The maximum absolute atomic E-state index is 9.02. The molecule has 0 aromatic carbocycles. The van der Waals surface area contributed by atoms with Crippen molar-refractivity contribution in [2.24, 2.45) is 5.73 Å². The summed E-state index contributed by atoms with van der Waals surface area (Å²) in [6.45, 7) is 2.12. The predicted octanol–water partition coefficient (Wildman–Crippen LogP) is -0.211. The molecule has 0 aliphatic heterocycles. The van der Waals surface area contributed by atoms with Crippen LogP contribution in [0, 0.1) is 0 Å². The van der Waals surface area contributed by atoms with Crippen LogP contribution in [0.5, 0.6) is 0 Å². The molecule has 3 heteroatoms. The SMILES string of the molecule is CC(N)C(CO)N(C)C1CC1. The van der Waals surface area contributed by atoms with Crippen LogP contribution >= 0.6 is 0 Å². The van der Waals surface area contributed by atoms with Crippen LogP contribution in [-0.2, 0) is 0 Å². The van der Waals surface area contributed by atoms with Crippen LogP contribution in [0.1, 0.15) is 19.8 Å². The van der Waals surface area contributed by atoms with Gasteiger partial charge in [-0.25, -0.2) is 0 Å². The molecule has 1 aliphatic carbocycles. The summed E-state index contributed by atoms with van der Waals surface area (Å²) in [4.78, 5) is 2.20. The van der Waals surface area contributed by atoms with Crippen molar-refractivity contribution in [3.8, 4) is 0 Å². The molecular formula is C8H18N2O. The highest BCUT2D eigenvalue weighted by Gasteiger charge is 2.31. The highest BCUT2D eigenvalue weighted by atomic mass is 16.3. The molecule has 1 rings (SSSR count). The maximum atomic E-state index is 9.02. The van der Waals surface area contributed by atoms with Gasteiger partial charge in [0.25, 0.3) is 0 Å². The lowest BCUT2D eigenvalue weighted by Gasteiger charge is -2.29. The minimum Gasteiger partial charge on any atom is -0.395 e. The number of nitrogens with two attached hydrogens (primary N) is 1. The van der Waals surface area contributed by atoms with Gasteiger partial charge in [0.15, 0.2) is 0 Å². The molecule has 0 aromatic heterocycles. The smallest absolute Gasteiger partial charge is 0.0601 e. The van der Waals surface area contributed by atoms with E-state index in [1.54, 1.807) is 0 Å². The second kappa shape index (κ2) is 3.52. The quantitative estimate of drug-likeness (QED) is 0.595. The number of aliphatic hydroxyl groups excluding tert-OH is 1. The van der Waals surface area contributed by atoms with Crippen molar-refractivity contribution in [3.63, 3.8) is 0 Å². The lowest BCUT2D eigenvalue weighted by molar-refractivity contribution is 0.125. The summed E-state index contributed by atoms with van der Waals surface area (Å²) in [6, 6.07) is 0.881. The molecule has 1 fully saturated rings. The largest absolute Gasteiger partial charge is 0.395 e. The Labute approximate surface area is 68.2 Å². The molecule has 0 spiro atoms. The molecule has 0 heterocycles. The van der Waals surface area contributed by atoms with Crippen LogP contribution < -0.4 is 5.73 Å².